The molecular formula is C15H15ClFN3O4. The minimum atomic E-state index is -1.41. The lowest BCUT2D eigenvalue weighted by Crippen LogP contribution is -2.21. The van der Waals surface area contributed by atoms with Crippen molar-refractivity contribution in [2.24, 2.45) is 5.73 Å². The molecule has 0 saturated heterocycles. The summed E-state index contributed by atoms with van der Waals surface area (Å²) in [6.07, 6.45) is 2.81. The Kier molecular flexibility index (Phi) is 4.10. The Morgan fingerprint density at radius 2 is 2.17 bits per heavy atom. The van der Waals surface area contributed by atoms with Crippen LogP contribution in [0.3, 0.4) is 0 Å². The molecule has 1 saturated carbocycles. The number of nitrogen functional groups attached to an aromatic ring is 1. The third-order valence-electron chi connectivity index (χ3n) is 3.88. The van der Waals surface area contributed by atoms with Gasteiger partial charge in [-0.3, -0.25) is 4.79 Å². The first-order valence-electron chi connectivity index (χ1n) is 7.29. The van der Waals surface area contributed by atoms with Crippen molar-refractivity contribution >= 4 is 34.2 Å². The molecule has 0 unspecified atom stereocenters. The average Bonchev–Trinajstić information content (AvgIpc) is 3.36. The smallest absolute Gasteiger partial charge is 0.341 e. The molecule has 1 aliphatic carbocycles. The number of hydrogen-bond acceptors (Lipinski definition) is 5. The number of carboxylic acids is 1. The van der Waals surface area contributed by atoms with Crippen molar-refractivity contribution in [2.75, 3.05) is 18.9 Å². The monoisotopic (exact) mass is 355 g/mol. The molecule has 0 atom stereocenters. The van der Waals surface area contributed by atoms with Gasteiger partial charge in [-0.15, -0.1) is 0 Å². The molecule has 1 heterocycles. The molecule has 0 spiro atoms. The molecule has 9 heteroatoms. The van der Waals surface area contributed by atoms with Crippen molar-refractivity contribution in [1.82, 2.24) is 4.57 Å². The molecule has 0 radical (unpaired) electrons. The molecule has 1 fully saturated rings. The Morgan fingerprint density at radius 3 is 2.71 bits per heavy atom. The number of benzene rings is 1. The van der Waals surface area contributed by atoms with Crippen LogP contribution >= 0.6 is 11.6 Å². The zero-order valence-corrected chi connectivity index (χ0v) is 13.3. The van der Waals surface area contributed by atoms with Crippen LogP contribution in [0.5, 0.6) is 5.75 Å². The highest BCUT2D eigenvalue weighted by molar-refractivity contribution is 6.37. The number of fused-ring (bicyclic) bond motifs is 1. The van der Waals surface area contributed by atoms with Crippen LogP contribution in [0.15, 0.2) is 11.0 Å². The molecular weight excluding hydrogens is 341 g/mol. The van der Waals surface area contributed by atoms with E-state index in [4.69, 9.17) is 27.8 Å². The van der Waals surface area contributed by atoms with E-state index in [0.29, 0.717) is 0 Å². The number of aromatic carboxylic acids is 1. The third-order valence-corrected chi connectivity index (χ3v) is 4.23. The van der Waals surface area contributed by atoms with Gasteiger partial charge in [0.25, 0.3) is 0 Å². The average molecular weight is 356 g/mol. The number of rotatable bonds is 5. The highest BCUT2D eigenvalue weighted by Gasteiger charge is 2.31. The van der Waals surface area contributed by atoms with Gasteiger partial charge < -0.3 is 25.9 Å². The second kappa shape index (κ2) is 5.95. The number of hydrogen-bond donors (Lipinski definition) is 3. The topological polar surface area (TPSA) is 121 Å². The van der Waals surface area contributed by atoms with E-state index in [-0.39, 0.29) is 40.9 Å². The predicted octanol–water partition coefficient (Wildman–Crippen LogP) is 1.75. The Morgan fingerprint density at radius 1 is 1.50 bits per heavy atom. The summed E-state index contributed by atoms with van der Waals surface area (Å²) in [5.74, 6) is -2.69. The van der Waals surface area contributed by atoms with Crippen LogP contribution in [0.2, 0.25) is 5.02 Å². The number of carbonyl (C=O) groups is 1. The van der Waals surface area contributed by atoms with Crippen molar-refractivity contribution in [1.29, 1.82) is 0 Å². The molecule has 3 rings (SSSR count). The summed E-state index contributed by atoms with van der Waals surface area (Å²) in [4.78, 5) is 23.8. The summed E-state index contributed by atoms with van der Waals surface area (Å²) in [6, 6.07) is -0.0177. The number of halogens is 2. The zero-order chi connectivity index (χ0) is 17.6. The highest BCUT2D eigenvalue weighted by Crippen LogP contribution is 2.44. The van der Waals surface area contributed by atoms with Crippen molar-refractivity contribution in [3.63, 3.8) is 0 Å². The zero-order valence-electron chi connectivity index (χ0n) is 12.5. The number of carboxylic acid groups (broad SMARTS) is 1. The lowest BCUT2D eigenvalue weighted by Gasteiger charge is -2.18. The highest BCUT2D eigenvalue weighted by atomic mass is 35.5. The molecule has 1 aromatic heterocycles. The van der Waals surface area contributed by atoms with Crippen molar-refractivity contribution in [2.45, 2.75) is 18.9 Å². The van der Waals surface area contributed by atoms with E-state index in [2.05, 4.69) is 0 Å². The van der Waals surface area contributed by atoms with Crippen LogP contribution in [0.25, 0.3) is 10.9 Å². The predicted molar refractivity (Wildman–Crippen MR) is 87.4 cm³/mol. The van der Waals surface area contributed by atoms with Crippen molar-refractivity contribution < 1.29 is 19.0 Å². The lowest BCUT2D eigenvalue weighted by atomic mass is 10.1. The second-order valence-corrected chi connectivity index (χ2v) is 5.92. The van der Waals surface area contributed by atoms with Crippen LogP contribution in [0.1, 0.15) is 29.2 Å². The number of aromatic nitrogens is 1. The van der Waals surface area contributed by atoms with E-state index in [1.165, 1.54) is 6.20 Å². The van der Waals surface area contributed by atoms with Gasteiger partial charge in [-0.1, -0.05) is 11.6 Å². The number of ether oxygens (including phenoxy) is 1. The van der Waals surface area contributed by atoms with Gasteiger partial charge in [0.15, 0.2) is 11.6 Å². The van der Waals surface area contributed by atoms with E-state index in [1.54, 1.807) is 4.57 Å². The summed E-state index contributed by atoms with van der Waals surface area (Å²) in [5.41, 5.74) is 9.46. The van der Waals surface area contributed by atoms with Crippen LogP contribution < -0.4 is 21.6 Å². The molecule has 2 aromatic rings. The van der Waals surface area contributed by atoms with E-state index < -0.39 is 28.5 Å². The summed E-state index contributed by atoms with van der Waals surface area (Å²) in [5, 5.41) is 8.87. The number of nitrogens with zero attached hydrogens (tertiary/aromatic N) is 1. The molecule has 1 aliphatic rings. The summed E-state index contributed by atoms with van der Waals surface area (Å²) >= 11 is 6.27. The Labute approximate surface area is 140 Å². The fourth-order valence-corrected chi connectivity index (χ4v) is 2.95. The maximum Gasteiger partial charge on any atom is 0.341 e. The quantitative estimate of drug-likeness (QED) is 0.702. The second-order valence-electron chi connectivity index (χ2n) is 5.55. The van der Waals surface area contributed by atoms with Crippen LogP contribution in [0.4, 0.5) is 10.1 Å². The van der Waals surface area contributed by atoms with Gasteiger partial charge in [-0.25, -0.2) is 9.18 Å². The van der Waals surface area contributed by atoms with Crippen molar-refractivity contribution in [3.05, 3.63) is 32.8 Å². The lowest BCUT2D eigenvalue weighted by molar-refractivity contribution is 0.0695. The van der Waals surface area contributed by atoms with E-state index in [1.807, 2.05) is 0 Å². The van der Waals surface area contributed by atoms with Crippen LogP contribution in [-0.2, 0) is 0 Å². The molecule has 24 heavy (non-hydrogen) atoms. The van der Waals surface area contributed by atoms with Gasteiger partial charge in [0.1, 0.15) is 17.2 Å². The van der Waals surface area contributed by atoms with E-state index in [9.17, 15) is 19.1 Å². The van der Waals surface area contributed by atoms with Crippen molar-refractivity contribution in [3.8, 4) is 5.75 Å². The Balaban J connectivity index is 2.44. The van der Waals surface area contributed by atoms with Gasteiger partial charge in [-0.05, 0) is 12.8 Å². The fourth-order valence-electron chi connectivity index (χ4n) is 2.62. The van der Waals surface area contributed by atoms with Gasteiger partial charge in [-0.2, -0.15) is 0 Å². The maximum atomic E-state index is 14.5. The minimum absolute atomic E-state index is 0.0163. The SMILES string of the molecule is NCCOc1c(F)c(N)c2c(=O)c(C(=O)O)cn(C3CC3)c2c1Cl. The molecule has 1 aromatic carbocycles. The Bertz CT molecular complexity index is 908. The molecule has 7 nitrogen and oxygen atoms in total. The molecule has 128 valence electrons. The molecule has 0 bridgehead atoms. The molecule has 0 amide bonds. The third kappa shape index (κ3) is 2.47. The summed E-state index contributed by atoms with van der Waals surface area (Å²) in [6.45, 7) is 0.156. The molecule has 5 N–H and O–H groups in total. The standard InChI is InChI=1S/C15H15ClFN3O4/c16-9-12-8(11(19)10(17)14(9)24-4-3-18)13(21)7(15(22)23)5-20(12)6-1-2-6/h5-6H,1-4,18-19H2,(H,22,23). The first-order valence-corrected chi connectivity index (χ1v) is 7.67. The summed E-state index contributed by atoms with van der Waals surface area (Å²) in [7, 11) is 0. The number of nitrogens with two attached hydrogens (primary N) is 2. The number of pyridine rings is 1. The van der Waals surface area contributed by atoms with Gasteiger partial charge in [0, 0.05) is 18.8 Å². The first-order chi connectivity index (χ1) is 11.4. The van der Waals surface area contributed by atoms with Gasteiger partial charge in [0.2, 0.25) is 5.43 Å². The van der Waals surface area contributed by atoms with Gasteiger partial charge in [0.05, 0.1) is 16.6 Å². The van der Waals surface area contributed by atoms with Crippen LogP contribution in [-0.4, -0.2) is 28.8 Å². The van der Waals surface area contributed by atoms with E-state index in [0.717, 1.165) is 12.8 Å². The largest absolute Gasteiger partial charge is 0.487 e. The van der Waals surface area contributed by atoms with E-state index >= 15 is 0 Å². The normalized spacial score (nSPS) is 14.1. The molecule has 0 aliphatic heterocycles. The first kappa shape index (κ1) is 16.5. The minimum Gasteiger partial charge on any atom is -0.487 e. The van der Waals surface area contributed by atoms with Gasteiger partial charge >= 0.3 is 5.97 Å². The summed E-state index contributed by atoms with van der Waals surface area (Å²) < 4.78 is 21.3. The maximum absolute atomic E-state index is 14.5. The Hall–Kier alpha value is -2.32. The fraction of sp³-hybridized carbons (Fsp3) is 0.333. The number of anilines is 1. The van der Waals surface area contributed by atoms with Crippen LogP contribution in [0, 0.1) is 5.82 Å².